The molecule has 0 radical (unpaired) electrons. The molecule has 1 unspecified atom stereocenters. The molecule has 2 heteroatoms. The molecule has 0 aliphatic heterocycles. The van der Waals surface area contributed by atoms with Gasteiger partial charge in [-0.3, -0.25) is 9.97 Å². The van der Waals surface area contributed by atoms with E-state index in [1.54, 1.807) is 6.20 Å². The molecule has 0 aromatic carbocycles. The van der Waals surface area contributed by atoms with Gasteiger partial charge in [0.1, 0.15) is 0 Å². The molecule has 0 saturated carbocycles. The first-order valence-electron chi connectivity index (χ1n) is 4.50. The van der Waals surface area contributed by atoms with E-state index in [-0.39, 0.29) is 0 Å². The lowest BCUT2D eigenvalue weighted by Gasteiger charge is -2.06. The number of nitrogens with zero attached hydrogens (tertiary/aromatic N) is 2. The Labute approximate surface area is 74.1 Å². The van der Waals surface area contributed by atoms with Crippen molar-refractivity contribution in [2.75, 3.05) is 0 Å². The minimum absolute atomic E-state index is 0.709. The fourth-order valence-corrected chi connectivity index (χ4v) is 1.12. The number of aryl methyl sites for hydroxylation is 1. The van der Waals surface area contributed by atoms with Crippen molar-refractivity contribution in [3.63, 3.8) is 0 Å². The Kier molecular flexibility index (Phi) is 3.20. The highest BCUT2D eigenvalue weighted by Crippen LogP contribution is 2.08. The second kappa shape index (κ2) is 4.19. The van der Waals surface area contributed by atoms with Crippen LogP contribution in [0.3, 0.4) is 0 Å². The molecular weight excluding hydrogens is 148 g/mol. The highest BCUT2D eigenvalue weighted by atomic mass is 14.8. The third-order valence-electron chi connectivity index (χ3n) is 2.06. The van der Waals surface area contributed by atoms with E-state index in [0.717, 1.165) is 17.8 Å². The van der Waals surface area contributed by atoms with Gasteiger partial charge in [-0.2, -0.15) is 0 Å². The third kappa shape index (κ3) is 2.61. The van der Waals surface area contributed by atoms with Gasteiger partial charge in [-0.15, -0.1) is 0 Å². The molecule has 0 spiro atoms. The van der Waals surface area contributed by atoms with E-state index in [0.29, 0.717) is 5.92 Å². The first-order chi connectivity index (χ1) is 5.72. The van der Waals surface area contributed by atoms with Crippen molar-refractivity contribution in [2.45, 2.75) is 33.6 Å². The number of hydrogen-bond donors (Lipinski definition) is 0. The zero-order valence-corrected chi connectivity index (χ0v) is 8.04. The molecule has 0 aliphatic carbocycles. The second-order valence-electron chi connectivity index (χ2n) is 3.37. The Morgan fingerprint density at radius 2 is 2.17 bits per heavy atom. The highest BCUT2D eigenvalue weighted by Gasteiger charge is 2.02. The summed E-state index contributed by atoms with van der Waals surface area (Å²) in [5, 5.41) is 0. The van der Waals surface area contributed by atoms with E-state index in [9.17, 15) is 0 Å². The van der Waals surface area contributed by atoms with Crippen molar-refractivity contribution >= 4 is 0 Å². The predicted octanol–water partition coefficient (Wildman–Crippen LogP) is 2.37. The monoisotopic (exact) mass is 164 g/mol. The van der Waals surface area contributed by atoms with Crippen LogP contribution >= 0.6 is 0 Å². The molecule has 0 saturated heterocycles. The zero-order valence-electron chi connectivity index (χ0n) is 8.04. The van der Waals surface area contributed by atoms with Gasteiger partial charge in [0.15, 0.2) is 0 Å². The summed E-state index contributed by atoms with van der Waals surface area (Å²) in [6, 6.07) is 0. The Balaban J connectivity index is 2.63. The first kappa shape index (κ1) is 9.17. The van der Waals surface area contributed by atoms with Gasteiger partial charge in [-0.05, 0) is 19.3 Å². The minimum Gasteiger partial charge on any atom is -0.261 e. The standard InChI is InChI=1S/C10H16N2/c1-4-8(2)5-10-7-11-6-9(3)12-10/h6-8H,4-5H2,1-3H3. The maximum absolute atomic E-state index is 4.40. The fourth-order valence-electron chi connectivity index (χ4n) is 1.12. The van der Waals surface area contributed by atoms with Crippen molar-refractivity contribution in [3.05, 3.63) is 23.8 Å². The van der Waals surface area contributed by atoms with E-state index in [4.69, 9.17) is 0 Å². The van der Waals surface area contributed by atoms with E-state index >= 15 is 0 Å². The summed E-state index contributed by atoms with van der Waals surface area (Å²) in [5.74, 6) is 0.709. The van der Waals surface area contributed by atoms with Crippen LogP contribution in [0.5, 0.6) is 0 Å². The first-order valence-corrected chi connectivity index (χ1v) is 4.50. The molecule has 1 rings (SSSR count). The van der Waals surface area contributed by atoms with E-state index in [1.807, 2.05) is 13.1 Å². The van der Waals surface area contributed by atoms with Crippen LogP contribution in [0, 0.1) is 12.8 Å². The normalized spacial score (nSPS) is 12.9. The molecule has 1 aromatic heterocycles. The van der Waals surface area contributed by atoms with Gasteiger partial charge in [0.25, 0.3) is 0 Å². The van der Waals surface area contributed by atoms with Crippen LogP contribution in [-0.2, 0) is 6.42 Å². The lowest BCUT2D eigenvalue weighted by Crippen LogP contribution is -2.01. The van der Waals surface area contributed by atoms with Crippen LogP contribution in [0.4, 0.5) is 0 Å². The molecule has 0 aliphatic rings. The average molecular weight is 164 g/mol. The average Bonchev–Trinajstić information content (AvgIpc) is 2.04. The molecule has 0 amide bonds. The summed E-state index contributed by atoms with van der Waals surface area (Å²) in [7, 11) is 0. The molecule has 0 N–H and O–H groups in total. The van der Waals surface area contributed by atoms with Gasteiger partial charge in [-0.1, -0.05) is 20.3 Å². The number of aromatic nitrogens is 2. The van der Waals surface area contributed by atoms with Crippen LogP contribution in [0.15, 0.2) is 12.4 Å². The van der Waals surface area contributed by atoms with Gasteiger partial charge in [0.2, 0.25) is 0 Å². The van der Waals surface area contributed by atoms with Gasteiger partial charge in [-0.25, -0.2) is 0 Å². The molecule has 1 aromatic rings. The van der Waals surface area contributed by atoms with Crippen LogP contribution in [-0.4, -0.2) is 9.97 Å². The van der Waals surface area contributed by atoms with Crippen molar-refractivity contribution in [3.8, 4) is 0 Å². The molecule has 2 nitrogen and oxygen atoms in total. The topological polar surface area (TPSA) is 25.8 Å². The molecule has 1 heterocycles. The van der Waals surface area contributed by atoms with Crippen molar-refractivity contribution < 1.29 is 0 Å². The van der Waals surface area contributed by atoms with E-state index < -0.39 is 0 Å². The van der Waals surface area contributed by atoms with Crippen LogP contribution in [0.2, 0.25) is 0 Å². The molecular formula is C10H16N2. The molecule has 66 valence electrons. The summed E-state index contributed by atoms with van der Waals surface area (Å²) in [6.07, 6.45) is 5.90. The van der Waals surface area contributed by atoms with Crippen molar-refractivity contribution in [1.82, 2.24) is 9.97 Å². The molecule has 12 heavy (non-hydrogen) atoms. The Bertz CT molecular complexity index is 245. The Morgan fingerprint density at radius 3 is 2.75 bits per heavy atom. The molecule has 1 atom stereocenters. The highest BCUT2D eigenvalue weighted by molar-refractivity contribution is 5.01. The predicted molar refractivity (Wildman–Crippen MR) is 49.9 cm³/mol. The second-order valence-corrected chi connectivity index (χ2v) is 3.37. The zero-order chi connectivity index (χ0) is 8.97. The van der Waals surface area contributed by atoms with Gasteiger partial charge in [0.05, 0.1) is 11.4 Å². The molecule has 0 fully saturated rings. The van der Waals surface area contributed by atoms with E-state index in [2.05, 4.69) is 23.8 Å². The summed E-state index contributed by atoms with van der Waals surface area (Å²) in [4.78, 5) is 8.51. The van der Waals surface area contributed by atoms with Gasteiger partial charge < -0.3 is 0 Å². The quantitative estimate of drug-likeness (QED) is 0.685. The van der Waals surface area contributed by atoms with Gasteiger partial charge in [0, 0.05) is 12.4 Å². The van der Waals surface area contributed by atoms with Crippen molar-refractivity contribution in [2.24, 2.45) is 5.92 Å². The molecule has 0 bridgehead atoms. The summed E-state index contributed by atoms with van der Waals surface area (Å²) in [5.41, 5.74) is 2.13. The maximum atomic E-state index is 4.40. The SMILES string of the molecule is CCC(C)Cc1cncc(C)n1. The number of rotatable bonds is 3. The number of hydrogen-bond acceptors (Lipinski definition) is 2. The lowest BCUT2D eigenvalue weighted by atomic mass is 10.0. The van der Waals surface area contributed by atoms with Crippen LogP contribution in [0.1, 0.15) is 31.7 Å². The largest absolute Gasteiger partial charge is 0.261 e. The summed E-state index contributed by atoms with van der Waals surface area (Å²) < 4.78 is 0. The minimum atomic E-state index is 0.709. The smallest absolute Gasteiger partial charge is 0.0592 e. The Hall–Kier alpha value is -0.920. The maximum Gasteiger partial charge on any atom is 0.0592 e. The Morgan fingerprint density at radius 1 is 1.42 bits per heavy atom. The van der Waals surface area contributed by atoms with Crippen LogP contribution in [0.25, 0.3) is 0 Å². The van der Waals surface area contributed by atoms with Crippen LogP contribution < -0.4 is 0 Å². The van der Waals surface area contributed by atoms with Gasteiger partial charge >= 0.3 is 0 Å². The van der Waals surface area contributed by atoms with Crippen molar-refractivity contribution in [1.29, 1.82) is 0 Å². The third-order valence-corrected chi connectivity index (χ3v) is 2.06. The summed E-state index contributed by atoms with van der Waals surface area (Å²) in [6.45, 7) is 6.42. The summed E-state index contributed by atoms with van der Waals surface area (Å²) >= 11 is 0. The van der Waals surface area contributed by atoms with E-state index in [1.165, 1.54) is 6.42 Å². The fraction of sp³-hybridized carbons (Fsp3) is 0.600. The lowest BCUT2D eigenvalue weighted by molar-refractivity contribution is 0.550.